The zero-order chi connectivity index (χ0) is 27.7. The van der Waals surface area contributed by atoms with Crippen LogP contribution in [-0.4, -0.2) is 20.8 Å². The number of pyridine rings is 2. The molecule has 0 saturated heterocycles. The molecule has 40 heavy (non-hydrogen) atoms. The van der Waals surface area contributed by atoms with Gasteiger partial charge in [-0.3, -0.25) is 20.1 Å². The quantitative estimate of drug-likeness (QED) is 0.119. The Kier molecular flexibility index (Phi) is 8.23. The molecule has 0 saturated carbocycles. The van der Waals surface area contributed by atoms with E-state index in [9.17, 15) is 14.9 Å². The van der Waals surface area contributed by atoms with Crippen molar-refractivity contribution in [2.75, 3.05) is 16.0 Å². The number of thiophene rings is 1. The number of nitro groups is 1. The second kappa shape index (κ2) is 12.5. The number of amides is 1. The molecule has 2 aromatic carbocycles. The lowest BCUT2D eigenvalue weighted by Crippen LogP contribution is -2.20. The first-order valence-electron chi connectivity index (χ1n) is 12.4. The maximum Gasteiger partial charge on any atom is 0.332 e. The Balaban J connectivity index is 1.22. The number of rotatable bonds is 11. The third-order valence-electron chi connectivity index (χ3n) is 5.97. The van der Waals surface area contributed by atoms with Crippen molar-refractivity contribution < 1.29 is 9.72 Å². The SMILES string of the molecule is O=C(Nc1cccc(NC=C(NCc2cccnc2)[N+](=O)[O-])c1)c1sccc1NCc1ccnc2ccccc12. The van der Waals surface area contributed by atoms with Gasteiger partial charge >= 0.3 is 5.82 Å². The number of fused-ring (bicyclic) bond motifs is 1. The summed E-state index contributed by atoms with van der Waals surface area (Å²) in [7, 11) is 0. The van der Waals surface area contributed by atoms with Crippen LogP contribution in [-0.2, 0) is 13.1 Å². The van der Waals surface area contributed by atoms with Gasteiger partial charge in [0.2, 0.25) is 0 Å². The van der Waals surface area contributed by atoms with Gasteiger partial charge in [0.25, 0.3) is 5.91 Å². The Morgan fingerprint density at radius 1 is 0.975 bits per heavy atom. The number of hydrogen-bond acceptors (Lipinski definition) is 9. The van der Waals surface area contributed by atoms with E-state index in [0.717, 1.165) is 27.7 Å². The summed E-state index contributed by atoms with van der Waals surface area (Å²) in [6.07, 6.45) is 6.34. The van der Waals surface area contributed by atoms with Crippen molar-refractivity contribution in [3.8, 4) is 0 Å². The standard InChI is InChI=1S/C29H25N7O3S/c37-29(28-26(11-14-40-28)33-18-21-10-13-31-25-9-2-1-8-24(21)25)35-23-7-3-6-22(15-23)32-19-27(36(38)39)34-17-20-5-4-12-30-16-20/h1-16,19,32-34H,17-18H2,(H,35,37). The van der Waals surface area contributed by atoms with Crippen LogP contribution in [0.5, 0.6) is 0 Å². The third kappa shape index (κ3) is 6.58. The van der Waals surface area contributed by atoms with E-state index in [0.29, 0.717) is 22.8 Å². The van der Waals surface area contributed by atoms with Gasteiger partial charge in [-0.25, -0.2) is 0 Å². The first kappa shape index (κ1) is 26.3. The molecule has 0 radical (unpaired) electrons. The van der Waals surface area contributed by atoms with Gasteiger partial charge in [0.1, 0.15) is 11.4 Å². The number of nitrogens with one attached hydrogen (secondary N) is 4. The van der Waals surface area contributed by atoms with Crippen LogP contribution in [0.3, 0.4) is 0 Å². The zero-order valence-electron chi connectivity index (χ0n) is 21.2. The highest BCUT2D eigenvalue weighted by Crippen LogP contribution is 2.26. The Morgan fingerprint density at radius 3 is 2.70 bits per heavy atom. The molecule has 10 nitrogen and oxygen atoms in total. The van der Waals surface area contributed by atoms with Gasteiger partial charge < -0.3 is 26.1 Å². The van der Waals surface area contributed by atoms with Crippen molar-refractivity contribution in [1.82, 2.24) is 15.3 Å². The summed E-state index contributed by atoms with van der Waals surface area (Å²) < 4.78 is 0. The molecule has 0 spiro atoms. The van der Waals surface area contributed by atoms with E-state index in [1.807, 2.05) is 47.8 Å². The summed E-state index contributed by atoms with van der Waals surface area (Å²) in [5, 5.41) is 26.4. The van der Waals surface area contributed by atoms with Crippen LogP contribution in [0.25, 0.3) is 10.9 Å². The minimum Gasteiger partial charge on any atom is -0.380 e. The summed E-state index contributed by atoms with van der Waals surface area (Å²) in [5.74, 6) is -0.455. The van der Waals surface area contributed by atoms with Crippen molar-refractivity contribution in [3.63, 3.8) is 0 Å². The number of hydrogen-bond donors (Lipinski definition) is 4. The lowest BCUT2D eigenvalue weighted by molar-refractivity contribution is -0.432. The summed E-state index contributed by atoms with van der Waals surface area (Å²) in [4.78, 5) is 33.1. The average molecular weight is 552 g/mol. The van der Waals surface area contributed by atoms with Crippen molar-refractivity contribution >= 4 is 45.2 Å². The van der Waals surface area contributed by atoms with E-state index in [2.05, 4.69) is 31.2 Å². The molecule has 5 aromatic rings. The van der Waals surface area contributed by atoms with Crippen molar-refractivity contribution in [3.05, 3.63) is 135 Å². The second-order valence-corrected chi connectivity index (χ2v) is 9.60. The van der Waals surface area contributed by atoms with Crippen molar-refractivity contribution in [2.45, 2.75) is 13.1 Å². The minimum atomic E-state index is -0.505. The Bertz CT molecular complexity index is 1670. The van der Waals surface area contributed by atoms with E-state index in [-0.39, 0.29) is 18.3 Å². The average Bonchev–Trinajstić information content (AvgIpc) is 3.45. The van der Waals surface area contributed by atoms with E-state index < -0.39 is 4.92 Å². The molecule has 0 fully saturated rings. The normalized spacial score (nSPS) is 11.2. The fraction of sp³-hybridized carbons (Fsp3) is 0.0690. The number of para-hydroxylation sites is 1. The lowest BCUT2D eigenvalue weighted by atomic mass is 10.1. The number of benzene rings is 2. The highest BCUT2D eigenvalue weighted by molar-refractivity contribution is 7.12. The molecule has 0 aliphatic rings. The highest BCUT2D eigenvalue weighted by Gasteiger charge is 2.15. The van der Waals surface area contributed by atoms with Crippen LogP contribution in [0, 0.1) is 10.1 Å². The van der Waals surface area contributed by atoms with Crippen LogP contribution in [0.4, 0.5) is 17.1 Å². The Morgan fingerprint density at radius 2 is 1.85 bits per heavy atom. The molecule has 0 unspecified atom stereocenters. The molecule has 1 amide bonds. The number of anilines is 3. The van der Waals surface area contributed by atoms with Gasteiger partial charge in [-0.1, -0.05) is 30.3 Å². The van der Waals surface area contributed by atoms with E-state index in [1.54, 1.807) is 48.9 Å². The minimum absolute atomic E-state index is 0.199. The Hall–Kier alpha value is -5.29. The van der Waals surface area contributed by atoms with Gasteiger partial charge in [0, 0.05) is 47.5 Å². The van der Waals surface area contributed by atoms with Gasteiger partial charge in [-0.2, -0.15) is 0 Å². The zero-order valence-corrected chi connectivity index (χ0v) is 22.0. The molecule has 0 bridgehead atoms. The van der Waals surface area contributed by atoms with Crippen LogP contribution in [0.15, 0.2) is 109 Å². The van der Waals surface area contributed by atoms with E-state index in [1.165, 1.54) is 17.5 Å². The van der Waals surface area contributed by atoms with Gasteiger partial charge in [-0.15, -0.1) is 11.3 Å². The molecule has 11 heteroatoms. The predicted octanol–water partition coefficient (Wildman–Crippen LogP) is 5.83. The highest BCUT2D eigenvalue weighted by atomic mass is 32.1. The smallest absolute Gasteiger partial charge is 0.332 e. The molecule has 5 rings (SSSR count). The maximum absolute atomic E-state index is 13.1. The summed E-state index contributed by atoms with van der Waals surface area (Å²) >= 11 is 1.34. The van der Waals surface area contributed by atoms with Crippen LogP contribution >= 0.6 is 11.3 Å². The Labute approximate surface area is 234 Å². The maximum atomic E-state index is 13.1. The molecule has 0 aliphatic heterocycles. The fourth-order valence-electron chi connectivity index (χ4n) is 4.01. The van der Waals surface area contributed by atoms with Gasteiger partial charge in [0.15, 0.2) is 0 Å². The fourth-order valence-corrected chi connectivity index (χ4v) is 4.78. The van der Waals surface area contributed by atoms with Crippen molar-refractivity contribution in [2.24, 2.45) is 0 Å². The predicted molar refractivity (Wildman–Crippen MR) is 158 cm³/mol. The second-order valence-electron chi connectivity index (χ2n) is 8.68. The molecule has 3 heterocycles. The molecular formula is C29H25N7O3S. The largest absolute Gasteiger partial charge is 0.380 e. The number of carbonyl (C=O) groups is 1. The molecule has 4 N–H and O–H groups in total. The summed E-state index contributed by atoms with van der Waals surface area (Å²) in [6, 6.07) is 22.3. The number of nitrogens with zero attached hydrogens (tertiary/aromatic N) is 3. The van der Waals surface area contributed by atoms with Crippen molar-refractivity contribution in [1.29, 1.82) is 0 Å². The summed E-state index contributed by atoms with van der Waals surface area (Å²) in [6.45, 7) is 0.798. The first-order chi connectivity index (χ1) is 19.6. The summed E-state index contributed by atoms with van der Waals surface area (Å²) in [5.41, 5.74) is 4.68. The molecule has 200 valence electrons. The molecule has 3 aromatic heterocycles. The number of carbonyl (C=O) groups excluding carboxylic acids is 1. The monoisotopic (exact) mass is 551 g/mol. The van der Waals surface area contributed by atoms with Crippen LogP contribution in [0.2, 0.25) is 0 Å². The number of aromatic nitrogens is 2. The van der Waals surface area contributed by atoms with E-state index in [4.69, 9.17) is 0 Å². The topological polar surface area (TPSA) is 134 Å². The van der Waals surface area contributed by atoms with Gasteiger partial charge in [-0.05, 0) is 58.3 Å². The first-order valence-corrected chi connectivity index (χ1v) is 13.2. The van der Waals surface area contributed by atoms with E-state index >= 15 is 0 Å². The third-order valence-corrected chi connectivity index (χ3v) is 6.88. The van der Waals surface area contributed by atoms with Gasteiger partial charge in [0.05, 0.1) is 17.4 Å². The van der Waals surface area contributed by atoms with Crippen LogP contribution in [0.1, 0.15) is 20.8 Å². The molecular weight excluding hydrogens is 526 g/mol. The lowest BCUT2D eigenvalue weighted by Gasteiger charge is -2.11. The molecule has 0 aliphatic carbocycles. The molecule has 0 atom stereocenters. The van der Waals surface area contributed by atoms with Crippen LogP contribution < -0.4 is 21.3 Å².